The van der Waals surface area contributed by atoms with E-state index in [1.165, 1.54) is 28.6 Å². The van der Waals surface area contributed by atoms with Crippen molar-refractivity contribution in [1.29, 1.82) is 0 Å². The molecular weight excluding hydrogens is 470 g/mol. The Morgan fingerprint density at radius 3 is 2.33 bits per heavy atom. The summed E-state index contributed by atoms with van der Waals surface area (Å²) in [7, 11) is -3.68. The van der Waals surface area contributed by atoms with Crippen LogP contribution in [0, 0.1) is 0 Å². The number of halogens is 1. The van der Waals surface area contributed by atoms with E-state index in [0.29, 0.717) is 23.7 Å². The number of urea groups is 1. The number of primary amides is 1. The lowest BCUT2D eigenvalue weighted by Crippen LogP contribution is -2.44. The fourth-order valence-corrected chi connectivity index (χ4v) is 5.12. The van der Waals surface area contributed by atoms with Gasteiger partial charge in [-0.2, -0.15) is 4.31 Å². The Morgan fingerprint density at radius 2 is 1.70 bits per heavy atom. The first-order chi connectivity index (χ1) is 15.7. The lowest BCUT2D eigenvalue weighted by molar-refractivity contribution is -0.122. The molecule has 33 heavy (non-hydrogen) atoms. The monoisotopic (exact) mass is 493 g/mol. The number of nitrogens with one attached hydrogen (secondary N) is 3. The molecule has 5 N–H and O–H groups in total. The predicted molar refractivity (Wildman–Crippen MR) is 122 cm³/mol. The number of benzene rings is 2. The van der Waals surface area contributed by atoms with Gasteiger partial charge >= 0.3 is 6.03 Å². The molecule has 4 amide bonds. The Balaban J connectivity index is 1.63. The van der Waals surface area contributed by atoms with E-state index in [1.54, 1.807) is 24.3 Å². The molecule has 0 spiro atoms. The van der Waals surface area contributed by atoms with Crippen LogP contribution < -0.4 is 21.9 Å². The van der Waals surface area contributed by atoms with Crippen molar-refractivity contribution in [1.82, 2.24) is 20.5 Å². The molecule has 176 valence electrons. The van der Waals surface area contributed by atoms with Crippen LogP contribution in [0.2, 0.25) is 5.02 Å². The molecule has 2 aromatic rings. The summed E-state index contributed by atoms with van der Waals surface area (Å²) in [6.07, 6.45) is 1.38. The molecule has 1 aliphatic rings. The molecule has 1 heterocycles. The lowest BCUT2D eigenvalue weighted by atomic mass is 10.0. The van der Waals surface area contributed by atoms with E-state index in [9.17, 15) is 22.8 Å². The largest absolute Gasteiger partial charge is 0.352 e. The number of carbonyl (C=O) groups excluding carboxylic acids is 3. The van der Waals surface area contributed by atoms with Crippen molar-refractivity contribution in [2.75, 3.05) is 13.1 Å². The molecule has 1 aliphatic heterocycles. The molecule has 0 radical (unpaired) electrons. The van der Waals surface area contributed by atoms with Crippen LogP contribution in [0.3, 0.4) is 0 Å². The maximum absolute atomic E-state index is 12.7. The molecule has 1 fully saturated rings. The maximum atomic E-state index is 12.7. The topological polar surface area (TPSA) is 151 Å². The predicted octanol–water partition coefficient (Wildman–Crippen LogP) is 1.69. The first-order valence-corrected chi connectivity index (χ1v) is 12.0. The van der Waals surface area contributed by atoms with Crippen molar-refractivity contribution < 1.29 is 22.8 Å². The normalized spacial score (nSPS) is 14.9. The van der Waals surface area contributed by atoms with Crippen molar-refractivity contribution in [2.24, 2.45) is 5.73 Å². The van der Waals surface area contributed by atoms with E-state index >= 15 is 0 Å². The van der Waals surface area contributed by atoms with Gasteiger partial charge in [0.15, 0.2) is 0 Å². The first-order valence-electron chi connectivity index (χ1n) is 10.2. The summed E-state index contributed by atoms with van der Waals surface area (Å²) in [6.45, 7) is 0.895. The van der Waals surface area contributed by atoms with E-state index in [0.717, 1.165) is 12.8 Å². The minimum absolute atomic E-state index is 0.0110. The van der Waals surface area contributed by atoms with Crippen LogP contribution in [0.1, 0.15) is 41.2 Å². The van der Waals surface area contributed by atoms with Gasteiger partial charge in [-0.25, -0.2) is 13.2 Å². The third-order valence-corrected chi connectivity index (χ3v) is 7.24. The van der Waals surface area contributed by atoms with E-state index in [1.807, 2.05) is 0 Å². The summed E-state index contributed by atoms with van der Waals surface area (Å²) in [5.74, 6) is -1.29. The molecule has 0 unspecified atom stereocenters. The third-order valence-electron chi connectivity index (χ3n) is 5.09. The van der Waals surface area contributed by atoms with Crippen LogP contribution >= 0.6 is 11.6 Å². The zero-order valence-electron chi connectivity index (χ0n) is 17.6. The van der Waals surface area contributed by atoms with Gasteiger partial charge in [0.1, 0.15) is 0 Å². The number of carbonyl (C=O) groups is 3. The summed E-state index contributed by atoms with van der Waals surface area (Å²) in [5.41, 5.74) is 10.4. The fourth-order valence-electron chi connectivity index (χ4n) is 3.43. The highest BCUT2D eigenvalue weighted by Crippen LogP contribution is 2.22. The number of sulfonamides is 1. The highest BCUT2D eigenvalue weighted by molar-refractivity contribution is 7.89. The number of amides is 4. The number of nitrogens with two attached hydrogens (primary N) is 1. The molecule has 1 atom stereocenters. The molecule has 0 bridgehead atoms. The van der Waals surface area contributed by atoms with Crippen molar-refractivity contribution in [3.63, 3.8) is 0 Å². The van der Waals surface area contributed by atoms with Gasteiger partial charge < -0.3 is 11.1 Å². The van der Waals surface area contributed by atoms with Gasteiger partial charge in [-0.3, -0.25) is 20.4 Å². The number of hydrogen-bond acceptors (Lipinski definition) is 5. The second-order valence-electron chi connectivity index (χ2n) is 7.46. The quantitative estimate of drug-likeness (QED) is 0.433. The molecule has 0 aliphatic carbocycles. The van der Waals surface area contributed by atoms with Crippen LogP contribution in [0.4, 0.5) is 4.79 Å². The maximum Gasteiger partial charge on any atom is 0.312 e. The molecule has 2 aromatic carbocycles. The van der Waals surface area contributed by atoms with E-state index in [-0.39, 0.29) is 16.9 Å². The Morgan fingerprint density at radius 1 is 1.03 bits per heavy atom. The van der Waals surface area contributed by atoms with E-state index in [4.69, 9.17) is 17.3 Å². The number of hydrogen-bond donors (Lipinski definition) is 4. The van der Waals surface area contributed by atoms with Crippen LogP contribution in [-0.4, -0.2) is 43.7 Å². The smallest absolute Gasteiger partial charge is 0.312 e. The second kappa shape index (κ2) is 10.6. The second-order valence-corrected chi connectivity index (χ2v) is 9.83. The summed E-state index contributed by atoms with van der Waals surface area (Å²) in [4.78, 5) is 36.2. The molecule has 0 saturated carbocycles. The average molecular weight is 494 g/mol. The van der Waals surface area contributed by atoms with E-state index < -0.39 is 33.9 Å². The molecule has 0 aromatic heterocycles. The molecular formula is C21H24ClN5O5S. The summed E-state index contributed by atoms with van der Waals surface area (Å²) in [6, 6.07) is 10.5. The molecule has 10 nitrogen and oxygen atoms in total. The van der Waals surface area contributed by atoms with Gasteiger partial charge in [-0.1, -0.05) is 29.8 Å². The molecule has 3 rings (SSSR count). The van der Waals surface area contributed by atoms with Crippen LogP contribution in [0.5, 0.6) is 0 Å². The molecule has 12 heteroatoms. The van der Waals surface area contributed by atoms with Gasteiger partial charge in [0.25, 0.3) is 5.91 Å². The van der Waals surface area contributed by atoms with Gasteiger partial charge in [-0.05, 0) is 48.7 Å². The van der Waals surface area contributed by atoms with Gasteiger partial charge in [0, 0.05) is 23.7 Å². The SMILES string of the molecule is NC(=O)N[C@@H](CC(=O)NNC(=O)c1cccc(S(=O)(=O)N2CCCC2)c1)c1ccc(Cl)cc1. The van der Waals surface area contributed by atoms with Gasteiger partial charge in [0.2, 0.25) is 15.9 Å². The summed E-state index contributed by atoms with van der Waals surface area (Å²) >= 11 is 5.87. The standard InChI is InChI=1S/C21H24ClN5O5S/c22-16-8-6-14(7-9-16)18(24-21(23)30)13-19(28)25-26-20(29)15-4-3-5-17(12-15)33(31,32)27-10-1-2-11-27/h3-9,12,18H,1-2,10-11,13H2,(H,25,28)(H,26,29)(H3,23,24,30)/t18-/m0/s1. The highest BCUT2D eigenvalue weighted by Gasteiger charge is 2.27. The van der Waals surface area contributed by atoms with Crippen LogP contribution in [-0.2, 0) is 14.8 Å². The minimum atomic E-state index is -3.68. The Labute approximate surface area is 196 Å². The van der Waals surface area contributed by atoms with Crippen molar-refractivity contribution in [3.05, 3.63) is 64.7 Å². The zero-order valence-corrected chi connectivity index (χ0v) is 19.2. The summed E-state index contributed by atoms with van der Waals surface area (Å²) in [5, 5.41) is 2.96. The third kappa shape index (κ3) is 6.44. The minimum Gasteiger partial charge on any atom is -0.352 e. The van der Waals surface area contributed by atoms with Gasteiger partial charge in [0.05, 0.1) is 17.4 Å². The van der Waals surface area contributed by atoms with Crippen LogP contribution in [0.25, 0.3) is 0 Å². The lowest BCUT2D eigenvalue weighted by Gasteiger charge is -2.18. The Bertz CT molecular complexity index is 1130. The van der Waals surface area contributed by atoms with Gasteiger partial charge in [-0.15, -0.1) is 0 Å². The highest BCUT2D eigenvalue weighted by atomic mass is 35.5. The van der Waals surface area contributed by atoms with Crippen molar-refractivity contribution >= 4 is 39.5 Å². The number of hydrazine groups is 1. The first kappa shape index (κ1) is 24.5. The van der Waals surface area contributed by atoms with Crippen LogP contribution in [0.15, 0.2) is 53.4 Å². The molecule has 1 saturated heterocycles. The Hall–Kier alpha value is -3.15. The summed E-state index contributed by atoms with van der Waals surface area (Å²) < 4.78 is 26.8. The number of rotatable bonds is 7. The number of nitrogens with zero attached hydrogens (tertiary/aromatic N) is 1. The van der Waals surface area contributed by atoms with Crippen molar-refractivity contribution in [2.45, 2.75) is 30.2 Å². The Kier molecular flexibility index (Phi) is 7.90. The van der Waals surface area contributed by atoms with Crippen molar-refractivity contribution in [3.8, 4) is 0 Å². The average Bonchev–Trinajstić information content (AvgIpc) is 3.33. The zero-order chi connectivity index (χ0) is 24.0. The van der Waals surface area contributed by atoms with E-state index in [2.05, 4.69) is 16.2 Å². The fraction of sp³-hybridized carbons (Fsp3) is 0.286.